The molecule has 30 heavy (non-hydrogen) atoms. The van der Waals surface area contributed by atoms with E-state index in [-0.39, 0.29) is 11.9 Å². The highest BCUT2D eigenvalue weighted by Crippen LogP contribution is 2.36. The largest absolute Gasteiger partial charge is 0.387 e. The maximum absolute atomic E-state index is 10.9. The second-order valence-electron chi connectivity index (χ2n) is 6.95. The topological polar surface area (TPSA) is 173 Å². The van der Waals surface area contributed by atoms with Gasteiger partial charge in [0.15, 0.2) is 11.9 Å². The summed E-state index contributed by atoms with van der Waals surface area (Å²) in [6.45, 7) is 2.00. The van der Waals surface area contributed by atoms with Gasteiger partial charge in [-0.3, -0.25) is 4.57 Å². The summed E-state index contributed by atoms with van der Waals surface area (Å²) in [4.78, 5) is 28.2. The molecule has 4 rings (SSSR count). The summed E-state index contributed by atoms with van der Waals surface area (Å²) in [7, 11) is -4.36. The van der Waals surface area contributed by atoms with Crippen LogP contribution in [0.2, 0.25) is 5.28 Å². The number of morpholine rings is 1. The number of aliphatic hydroxyl groups is 2. The van der Waals surface area contributed by atoms with Crippen molar-refractivity contribution >= 4 is 36.0 Å². The highest BCUT2D eigenvalue weighted by Gasteiger charge is 2.45. The second kappa shape index (κ2) is 8.61. The van der Waals surface area contributed by atoms with Gasteiger partial charge in [0.1, 0.15) is 30.5 Å². The van der Waals surface area contributed by atoms with Crippen molar-refractivity contribution in [3.05, 3.63) is 11.5 Å². The van der Waals surface area contributed by atoms with Gasteiger partial charge in [-0.2, -0.15) is 15.1 Å². The fraction of sp³-hybridized carbons (Fsp3) is 0.667. The van der Waals surface area contributed by atoms with Gasteiger partial charge in [0, 0.05) is 13.1 Å². The lowest BCUT2D eigenvalue weighted by Crippen LogP contribution is -2.37. The Balaban J connectivity index is 1.58. The molecule has 4 heterocycles. The molecule has 4 N–H and O–H groups in total. The SMILES string of the molecule is O=P(O)(O)COC[C@H]1O[C@@H](n2ncc3c(N4CCOCC4)nc(Cl)nc32)[C@H](O)[C@@H]1O. The molecular weight excluding hydrogens is 445 g/mol. The Morgan fingerprint density at radius 2 is 1.97 bits per heavy atom. The zero-order chi connectivity index (χ0) is 21.5. The number of hydrogen-bond donors (Lipinski definition) is 4. The van der Waals surface area contributed by atoms with Crippen LogP contribution in [0.1, 0.15) is 6.23 Å². The number of fused-ring (bicyclic) bond motifs is 1. The molecule has 2 aromatic heterocycles. The van der Waals surface area contributed by atoms with E-state index < -0.39 is 38.5 Å². The molecule has 0 radical (unpaired) electrons. The molecule has 15 heteroatoms. The first-order valence-electron chi connectivity index (χ1n) is 9.12. The third kappa shape index (κ3) is 4.44. The lowest BCUT2D eigenvalue weighted by atomic mass is 10.1. The molecule has 2 aliphatic rings. The normalized spacial score (nSPS) is 27.8. The molecular formula is C15H21ClN5O8P. The first kappa shape index (κ1) is 21.8. The van der Waals surface area contributed by atoms with Gasteiger partial charge in [0.2, 0.25) is 5.28 Å². The highest BCUT2D eigenvalue weighted by atomic mass is 35.5. The molecule has 2 fully saturated rings. The van der Waals surface area contributed by atoms with Crippen LogP contribution in [0.3, 0.4) is 0 Å². The van der Waals surface area contributed by atoms with E-state index in [0.29, 0.717) is 43.2 Å². The summed E-state index contributed by atoms with van der Waals surface area (Å²) < 4.78 is 28.1. The predicted octanol–water partition coefficient (Wildman–Crippen LogP) is -0.913. The first-order chi connectivity index (χ1) is 14.2. The summed E-state index contributed by atoms with van der Waals surface area (Å²) in [5, 5.41) is 25.6. The molecule has 2 aromatic rings. The van der Waals surface area contributed by atoms with Crippen molar-refractivity contribution in [3.8, 4) is 0 Å². The predicted molar refractivity (Wildman–Crippen MR) is 102 cm³/mol. The highest BCUT2D eigenvalue weighted by molar-refractivity contribution is 7.51. The van der Waals surface area contributed by atoms with Gasteiger partial charge in [-0.05, 0) is 11.6 Å². The van der Waals surface area contributed by atoms with Crippen molar-refractivity contribution in [3.63, 3.8) is 0 Å². The van der Waals surface area contributed by atoms with E-state index in [0.717, 1.165) is 0 Å². The van der Waals surface area contributed by atoms with Crippen LogP contribution in [0.5, 0.6) is 0 Å². The van der Waals surface area contributed by atoms with Gasteiger partial charge in [0.25, 0.3) is 0 Å². The van der Waals surface area contributed by atoms with Gasteiger partial charge in [-0.15, -0.1) is 0 Å². The molecule has 0 spiro atoms. The Morgan fingerprint density at radius 3 is 2.67 bits per heavy atom. The van der Waals surface area contributed by atoms with Gasteiger partial charge >= 0.3 is 7.60 Å². The fourth-order valence-electron chi connectivity index (χ4n) is 3.44. The summed E-state index contributed by atoms with van der Waals surface area (Å²) in [6.07, 6.45) is -4.16. The number of aromatic nitrogens is 4. The van der Waals surface area contributed by atoms with Crippen molar-refractivity contribution < 1.29 is 38.8 Å². The Labute approximate surface area is 175 Å². The van der Waals surface area contributed by atoms with E-state index in [1.54, 1.807) is 0 Å². The van der Waals surface area contributed by atoms with Gasteiger partial charge < -0.3 is 39.1 Å². The van der Waals surface area contributed by atoms with Crippen molar-refractivity contribution in [1.29, 1.82) is 0 Å². The molecule has 0 saturated carbocycles. The van der Waals surface area contributed by atoms with Crippen molar-refractivity contribution in [2.75, 3.05) is 44.2 Å². The van der Waals surface area contributed by atoms with E-state index in [4.69, 9.17) is 35.6 Å². The van der Waals surface area contributed by atoms with E-state index in [9.17, 15) is 14.8 Å². The molecule has 0 bridgehead atoms. The molecule has 4 atom stereocenters. The van der Waals surface area contributed by atoms with Crippen molar-refractivity contribution in [2.45, 2.75) is 24.5 Å². The Morgan fingerprint density at radius 1 is 1.23 bits per heavy atom. The lowest BCUT2D eigenvalue weighted by Gasteiger charge is -2.28. The van der Waals surface area contributed by atoms with E-state index >= 15 is 0 Å². The number of ether oxygens (including phenoxy) is 3. The summed E-state index contributed by atoms with van der Waals surface area (Å²) in [5.41, 5.74) is 0.310. The van der Waals surface area contributed by atoms with Crippen LogP contribution < -0.4 is 4.90 Å². The van der Waals surface area contributed by atoms with Crippen LogP contribution in [0, 0.1) is 0 Å². The molecule has 13 nitrogen and oxygen atoms in total. The minimum atomic E-state index is -4.36. The number of aliphatic hydroxyl groups excluding tert-OH is 2. The summed E-state index contributed by atoms with van der Waals surface area (Å²) in [6, 6.07) is 0. The van der Waals surface area contributed by atoms with Crippen LogP contribution in [0.4, 0.5) is 5.82 Å². The van der Waals surface area contributed by atoms with Crippen molar-refractivity contribution in [2.24, 2.45) is 0 Å². The number of nitrogens with zero attached hydrogens (tertiary/aromatic N) is 5. The van der Waals surface area contributed by atoms with Crippen LogP contribution in [0.25, 0.3) is 11.0 Å². The number of hydrogen-bond acceptors (Lipinski definition) is 10. The van der Waals surface area contributed by atoms with Crippen LogP contribution in [-0.4, -0.2) is 97.3 Å². The minimum Gasteiger partial charge on any atom is -0.387 e. The smallest absolute Gasteiger partial charge is 0.350 e. The zero-order valence-corrected chi connectivity index (χ0v) is 17.3. The Hall–Kier alpha value is -1.41. The van der Waals surface area contributed by atoms with Crippen LogP contribution >= 0.6 is 19.2 Å². The average Bonchev–Trinajstić information content (AvgIpc) is 3.23. The van der Waals surface area contributed by atoms with Crippen molar-refractivity contribution in [1.82, 2.24) is 19.7 Å². The average molecular weight is 466 g/mol. The lowest BCUT2D eigenvalue weighted by molar-refractivity contribution is -0.0658. The molecule has 0 aromatic carbocycles. The third-order valence-electron chi connectivity index (χ3n) is 4.84. The molecule has 0 amide bonds. The van der Waals surface area contributed by atoms with E-state index in [1.165, 1.54) is 10.9 Å². The molecule has 166 valence electrons. The quantitative estimate of drug-likeness (QED) is 0.306. The minimum absolute atomic E-state index is 0.0136. The number of rotatable bonds is 6. The fourth-order valence-corrected chi connectivity index (χ4v) is 3.95. The zero-order valence-electron chi connectivity index (χ0n) is 15.6. The van der Waals surface area contributed by atoms with Crippen LogP contribution in [0.15, 0.2) is 6.20 Å². The number of halogens is 1. The summed E-state index contributed by atoms with van der Waals surface area (Å²) >= 11 is 6.12. The molecule has 2 aliphatic heterocycles. The van der Waals surface area contributed by atoms with Gasteiger partial charge in [0.05, 0.1) is 31.4 Å². The molecule has 0 unspecified atom stereocenters. The standard InChI is InChI=1S/C15H21ClN5O8P/c16-15-18-12(20-1-3-27-4-2-20)8-5-17-21(13(8)19-15)14-11(23)10(22)9(29-14)6-28-7-30(24,25)26/h5,9-11,14,22-23H,1-4,6-7H2,(H2,24,25,26)/t9-,10-,11-,14-/m1/s1. The Bertz CT molecular complexity index is 951. The molecule has 0 aliphatic carbocycles. The van der Waals surface area contributed by atoms with Gasteiger partial charge in [-0.1, -0.05) is 0 Å². The summed E-state index contributed by atoms with van der Waals surface area (Å²) in [5.74, 6) is 0.578. The van der Waals surface area contributed by atoms with E-state index in [2.05, 4.69) is 15.1 Å². The van der Waals surface area contributed by atoms with Gasteiger partial charge in [-0.25, -0.2) is 4.68 Å². The maximum atomic E-state index is 10.9. The van der Waals surface area contributed by atoms with Crippen LogP contribution in [-0.2, 0) is 18.8 Å². The number of anilines is 1. The maximum Gasteiger partial charge on any atom is 0.350 e. The first-order valence-corrected chi connectivity index (χ1v) is 11.3. The van der Waals surface area contributed by atoms with E-state index in [1.807, 2.05) is 4.90 Å². The molecule has 2 saturated heterocycles. The second-order valence-corrected chi connectivity index (χ2v) is 8.88. The monoisotopic (exact) mass is 465 g/mol. The third-order valence-corrected chi connectivity index (χ3v) is 5.52. The Kier molecular flexibility index (Phi) is 6.26.